The van der Waals surface area contributed by atoms with Gasteiger partial charge in [0.15, 0.2) is 13.1 Å². The van der Waals surface area contributed by atoms with E-state index in [1.54, 1.807) is 0 Å². The second-order valence-electron chi connectivity index (χ2n) is 2.45. The fourth-order valence-electron chi connectivity index (χ4n) is 0.737. The molecule has 0 spiro atoms. The summed E-state index contributed by atoms with van der Waals surface area (Å²) in [6, 6.07) is 0. The number of rotatable bonds is 0. The van der Waals surface area contributed by atoms with Gasteiger partial charge >= 0.3 is 0 Å². The molecule has 0 radical (unpaired) electrons. The second-order valence-corrected chi connectivity index (χ2v) is 2.45. The van der Waals surface area contributed by atoms with Crippen LogP contribution in [-0.2, 0) is 9.47 Å². The molecule has 46 valence electrons. The summed E-state index contributed by atoms with van der Waals surface area (Å²) >= 11 is 0. The van der Waals surface area contributed by atoms with E-state index in [9.17, 15) is 0 Å². The molecule has 1 heterocycles. The van der Waals surface area contributed by atoms with Gasteiger partial charge in [0.1, 0.15) is 0 Å². The second kappa shape index (κ2) is 2.07. The van der Waals surface area contributed by atoms with Crippen LogP contribution in [0.15, 0.2) is 0 Å². The van der Waals surface area contributed by atoms with E-state index >= 15 is 0 Å². The van der Waals surface area contributed by atoms with Crippen LogP contribution in [0.1, 0.15) is 13.8 Å². The van der Waals surface area contributed by atoms with E-state index in [0.29, 0.717) is 0 Å². The summed E-state index contributed by atoms with van der Waals surface area (Å²) in [7, 11) is 1.03. The topological polar surface area (TPSA) is 18.5 Å². The van der Waals surface area contributed by atoms with E-state index < -0.39 is 0 Å². The first-order chi connectivity index (χ1) is 3.71. The van der Waals surface area contributed by atoms with Crippen LogP contribution in [0.3, 0.4) is 0 Å². The molecule has 2 nitrogen and oxygen atoms in total. The molecule has 1 aliphatic rings. The van der Waals surface area contributed by atoms with Gasteiger partial charge in [-0.15, -0.1) is 0 Å². The molecule has 0 atom stereocenters. The van der Waals surface area contributed by atoms with Crippen LogP contribution in [0.2, 0.25) is 0 Å². The maximum Gasteiger partial charge on any atom is 0.185 e. The highest BCUT2D eigenvalue weighted by atomic mass is 16.7. The summed E-state index contributed by atoms with van der Waals surface area (Å²) in [6.07, 6.45) is 0. The number of ether oxygens (including phenoxy) is 2. The quantitative estimate of drug-likeness (QED) is 0.416. The Labute approximate surface area is 50.4 Å². The maximum absolute atomic E-state index is 5.24. The Bertz CT molecular complexity index is 74.5. The van der Waals surface area contributed by atoms with Gasteiger partial charge in [-0.1, -0.05) is 0 Å². The summed E-state index contributed by atoms with van der Waals surface area (Å²) in [5.74, 6) is -0.321. The Hall–Kier alpha value is -0.0151. The van der Waals surface area contributed by atoms with Gasteiger partial charge in [-0.2, -0.15) is 0 Å². The Kier molecular flexibility index (Phi) is 1.58. The van der Waals surface area contributed by atoms with E-state index in [1.165, 1.54) is 0 Å². The summed E-state index contributed by atoms with van der Waals surface area (Å²) in [4.78, 5) is 0. The molecule has 8 heavy (non-hydrogen) atoms. The Morgan fingerprint density at radius 1 is 1.25 bits per heavy atom. The van der Waals surface area contributed by atoms with E-state index in [4.69, 9.17) is 9.47 Å². The van der Waals surface area contributed by atoms with E-state index in [-0.39, 0.29) is 5.79 Å². The maximum atomic E-state index is 5.24. The standard InChI is InChI=1S/C5H11BO2/c1-5(2)7-3-6-4-8-5/h6H,3-4H2,1-2H3. The molecule has 0 N–H and O–H groups in total. The first-order valence-corrected chi connectivity index (χ1v) is 2.99. The number of hydrogen-bond donors (Lipinski definition) is 0. The summed E-state index contributed by atoms with van der Waals surface area (Å²) in [6.45, 7) is 5.55. The van der Waals surface area contributed by atoms with Crippen molar-refractivity contribution in [3.8, 4) is 0 Å². The lowest BCUT2D eigenvalue weighted by molar-refractivity contribution is -0.205. The summed E-state index contributed by atoms with van der Waals surface area (Å²) < 4.78 is 10.5. The minimum absolute atomic E-state index is 0.321. The zero-order chi connectivity index (χ0) is 6.04. The summed E-state index contributed by atoms with van der Waals surface area (Å²) in [5, 5.41) is 0. The fourth-order valence-corrected chi connectivity index (χ4v) is 0.737. The van der Waals surface area contributed by atoms with Crippen LogP contribution in [0.5, 0.6) is 0 Å². The van der Waals surface area contributed by atoms with Gasteiger partial charge in [0.25, 0.3) is 0 Å². The molecule has 0 saturated carbocycles. The smallest absolute Gasteiger partial charge is 0.185 e. The molecule has 0 bridgehead atoms. The average molecular weight is 114 g/mol. The Morgan fingerprint density at radius 2 is 1.75 bits per heavy atom. The van der Waals surface area contributed by atoms with E-state index in [1.807, 2.05) is 13.8 Å². The van der Waals surface area contributed by atoms with Crippen LogP contribution >= 0.6 is 0 Å². The van der Waals surface area contributed by atoms with Gasteiger partial charge in [0.05, 0.1) is 0 Å². The predicted octanol–water partition coefficient (Wildman–Crippen LogP) is 0.121. The first-order valence-electron chi connectivity index (χ1n) is 2.99. The van der Waals surface area contributed by atoms with Crippen molar-refractivity contribution in [2.75, 3.05) is 13.0 Å². The fraction of sp³-hybridized carbons (Fsp3) is 1.00. The van der Waals surface area contributed by atoms with Crippen LogP contribution in [0, 0.1) is 0 Å². The lowest BCUT2D eigenvalue weighted by Gasteiger charge is -2.29. The van der Waals surface area contributed by atoms with Crippen LogP contribution < -0.4 is 0 Å². The zero-order valence-electron chi connectivity index (χ0n) is 5.44. The SMILES string of the molecule is CC1(C)OCBCO1. The molecule has 1 fully saturated rings. The van der Waals surface area contributed by atoms with Crippen molar-refractivity contribution in [1.82, 2.24) is 0 Å². The average Bonchev–Trinajstić information content (AvgIpc) is 1.65. The van der Waals surface area contributed by atoms with Crippen molar-refractivity contribution >= 4 is 7.28 Å². The molecule has 0 aromatic carbocycles. The van der Waals surface area contributed by atoms with Crippen LogP contribution in [0.25, 0.3) is 0 Å². The van der Waals surface area contributed by atoms with Gasteiger partial charge in [-0.3, -0.25) is 0 Å². The van der Waals surface area contributed by atoms with E-state index in [2.05, 4.69) is 0 Å². The van der Waals surface area contributed by atoms with Crippen molar-refractivity contribution in [2.24, 2.45) is 0 Å². The van der Waals surface area contributed by atoms with Crippen molar-refractivity contribution < 1.29 is 9.47 Å². The molecule has 0 unspecified atom stereocenters. The monoisotopic (exact) mass is 114 g/mol. The van der Waals surface area contributed by atoms with Gasteiger partial charge in [-0.05, 0) is 13.8 Å². The van der Waals surface area contributed by atoms with Crippen LogP contribution in [0.4, 0.5) is 0 Å². The van der Waals surface area contributed by atoms with Crippen LogP contribution in [-0.4, -0.2) is 26.1 Å². The molecule has 0 aromatic heterocycles. The predicted molar refractivity (Wildman–Crippen MR) is 33.1 cm³/mol. The highest BCUT2D eigenvalue weighted by molar-refractivity contribution is 6.35. The third-order valence-electron chi connectivity index (χ3n) is 1.19. The third kappa shape index (κ3) is 1.49. The molecule has 0 aromatic rings. The van der Waals surface area contributed by atoms with Crippen molar-refractivity contribution in [3.05, 3.63) is 0 Å². The molecular weight excluding hydrogens is 103 g/mol. The van der Waals surface area contributed by atoms with Crippen molar-refractivity contribution in [3.63, 3.8) is 0 Å². The number of hydrogen-bond acceptors (Lipinski definition) is 2. The van der Waals surface area contributed by atoms with Gasteiger partial charge in [-0.25, -0.2) is 0 Å². The third-order valence-corrected chi connectivity index (χ3v) is 1.19. The minimum Gasteiger partial charge on any atom is -0.359 e. The Morgan fingerprint density at radius 3 is 2.00 bits per heavy atom. The minimum atomic E-state index is -0.321. The summed E-state index contributed by atoms with van der Waals surface area (Å²) in [5.41, 5.74) is 0. The molecule has 1 saturated heterocycles. The largest absolute Gasteiger partial charge is 0.359 e. The molecule has 1 aliphatic heterocycles. The highest BCUT2D eigenvalue weighted by Crippen LogP contribution is 2.12. The molecule has 1 rings (SSSR count). The molecule has 0 amide bonds. The molecule has 3 heteroatoms. The molecular formula is C5H11BO2. The van der Waals surface area contributed by atoms with E-state index in [0.717, 1.165) is 20.3 Å². The van der Waals surface area contributed by atoms with Crippen molar-refractivity contribution in [2.45, 2.75) is 19.6 Å². The molecule has 0 aliphatic carbocycles. The van der Waals surface area contributed by atoms with Gasteiger partial charge in [0.2, 0.25) is 0 Å². The van der Waals surface area contributed by atoms with Gasteiger partial charge < -0.3 is 9.47 Å². The lowest BCUT2D eigenvalue weighted by Crippen LogP contribution is -2.37. The Balaban J connectivity index is 2.33. The lowest BCUT2D eigenvalue weighted by atomic mass is 9.81. The normalized spacial score (nSPS) is 26.8. The highest BCUT2D eigenvalue weighted by Gasteiger charge is 2.22. The van der Waals surface area contributed by atoms with Gasteiger partial charge in [0, 0.05) is 13.0 Å². The zero-order valence-corrected chi connectivity index (χ0v) is 5.44. The first kappa shape index (κ1) is 6.11. The van der Waals surface area contributed by atoms with Crippen molar-refractivity contribution in [1.29, 1.82) is 0 Å².